The molecule has 0 fully saturated rings. The molecule has 0 saturated carbocycles. The normalized spacial score (nSPS) is 11.7. The van der Waals surface area contributed by atoms with Crippen LogP contribution in [0.4, 0.5) is 5.13 Å². The molecule has 2 aromatic rings. The van der Waals surface area contributed by atoms with Crippen molar-refractivity contribution >= 4 is 48.3 Å². The van der Waals surface area contributed by atoms with Crippen molar-refractivity contribution in [2.75, 3.05) is 18.9 Å². The number of benzene rings is 1. The van der Waals surface area contributed by atoms with Gasteiger partial charge in [0.2, 0.25) is 15.9 Å². The lowest BCUT2D eigenvalue weighted by atomic mass is 10.4. The van der Waals surface area contributed by atoms with Crippen LogP contribution in [0.3, 0.4) is 0 Å². The Morgan fingerprint density at radius 1 is 1.30 bits per heavy atom. The van der Waals surface area contributed by atoms with Gasteiger partial charge in [-0.15, -0.1) is 11.3 Å². The predicted molar refractivity (Wildman–Crippen MR) is 94.2 cm³/mol. The molecule has 124 valence electrons. The van der Waals surface area contributed by atoms with Gasteiger partial charge in [0.1, 0.15) is 0 Å². The molecule has 0 aliphatic carbocycles. The summed E-state index contributed by atoms with van der Waals surface area (Å²) in [6.45, 7) is 3.48. The van der Waals surface area contributed by atoms with E-state index in [0.717, 1.165) is 19.3 Å². The third kappa shape index (κ3) is 4.37. The van der Waals surface area contributed by atoms with Gasteiger partial charge in [-0.2, -0.15) is 4.31 Å². The minimum absolute atomic E-state index is 0.136. The van der Waals surface area contributed by atoms with Crippen LogP contribution in [0.5, 0.6) is 0 Å². The molecule has 23 heavy (non-hydrogen) atoms. The van der Waals surface area contributed by atoms with Gasteiger partial charge in [-0.05, 0) is 38.1 Å². The number of halogens is 1. The van der Waals surface area contributed by atoms with Crippen molar-refractivity contribution in [3.8, 4) is 0 Å². The maximum Gasteiger partial charge on any atom is 0.243 e. The zero-order valence-corrected chi connectivity index (χ0v) is 16.0. The molecule has 1 aromatic heterocycles. The maximum atomic E-state index is 12.4. The first-order valence-electron chi connectivity index (χ1n) is 6.66. The SMILES string of the molecule is Cc1nc(NC(=O)CN(C)S(=O)(=O)c2ccc(Br)cc2)sc1C. The molecule has 0 saturated heterocycles. The Labute approximate surface area is 147 Å². The van der Waals surface area contributed by atoms with E-state index in [-0.39, 0.29) is 11.4 Å². The van der Waals surface area contributed by atoms with Crippen molar-refractivity contribution in [1.82, 2.24) is 9.29 Å². The molecule has 0 radical (unpaired) electrons. The number of hydrogen-bond acceptors (Lipinski definition) is 5. The molecule has 0 unspecified atom stereocenters. The average molecular weight is 418 g/mol. The van der Waals surface area contributed by atoms with Crippen molar-refractivity contribution in [3.63, 3.8) is 0 Å². The highest BCUT2D eigenvalue weighted by Crippen LogP contribution is 2.21. The molecule has 1 heterocycles. The predicted octanol–water partition coefficient (Wildman–Crippen LogP) is 2.78. The Morgan fingerprint density at radius 3 is 2.43 bits per heavy atom. The Morgan fingerprint density at radius 2 is 1.91 bits per heavy atom. The van der Waals surface area contributed by atoms with E-state index in [1.807, 2.05) is 13.8 Å². The number of likely N-dealkylation sites (N-methyl/N-ethyl adjacent to an activating group) is 1. The first kappa shape index (κ1) is 18.1. The van der Waals surface area contributed by atoms with Crippen molar-refractivity contribution in [2.45, 2.75) is 18.7 Å². The lowest BCUT2D eigenvalue weighted by Gasteiger charge is -2.16. The van der Waals surface area contributed by atoms with Crippen LogP contribution in [-0.2, 0) is 14.8 Å². The van der Waals surface area contributed by atoms with Gasteiger partial charge in [-0.1, -0.05) is 15.9 Å². The molecule has 0 atom stereocenters. The van der Waals surface area contributed by atoms with Crippen LogP contribution in [-0.4, -0.2) is 37.2 Å². The van der Waals surface area contributed by atoms with Gasteiger partial charge in [-0.25, -0.2) is 13.4 Å². The molecule has 1 amide bonds. The van der Waals surface area contributed by atoms with Gasteiger partial charge >= 0.3 is 0 Å². The van der Waals surface area contributed by atoms with Crippen molar-refractivity contribution in [1.29, 1.82) is 0 Å². The lowest BCUT2D eigenvalue weighted by molar-refractivity contribution is -0.116. The summed E-state index contributed by atoms with van der Waals surface area (Å²) >= 11 is 4.62. The molecule has 2 rings (SSSR count). The Hall–Kier alpha value is -1.29. The number of sulfonamides is 1. The van der Waals surface area contributed by atoms with Gasteiger partial charge in [0.15, 0.2) is 5.13 Å². The van der Waals surface area contributed by atoms with Crippen molar-refractivity contribution < 1.29 is 13.2 Å². The summed E-state index contributed by atoms with van der Waals surface area (Å²) in [6, 6.07) is 6.26. The van der Waals surface area contributed by atoms with E-state index in [2.05, 4.69) is 26.2 Å². The fraction of sp³-hybridized carbons (Fsp3) is 0.286. The molecule has 0 aliphatic heterocycles. The number of hydrogen-bond donors (Lipinski definition) is 1. The molecule has 6 nitrogen and oxygen atoms in total. The first-order chi connectivity index (χ1) is 10.7. The number of carbonyl (C=O) groups excluding carboxylic acids is 1. The van der Waals surface area contributed by atoms with E-state index in [1.54, 1.807) is 12.1 Å². The molecule has 0 spiro atoms. The number of rotatable bonds is 5. The van der Waals surface area contributed by atoms with E-state index >= 15 is 0 Å². The third-order valence-corrected chi connectivity index (χ3v) is 6.50. The fourth-order valence-electron chi connectivity index (χ4n) is 1.76. The fourth-order valence-corrected chi connectivity index (χ4v) is 3.98. The van der Waals surface area contributed by atoms with Crippen LogP contribution < -0.4 is 5.32 Å². The number of aromatic nitrogens is 1. The van der Waals surface area contributed by atoms with Gasteiger partial charge in [0.25, 0.3) is 0 Å². The minimum Gasteiger partial charge on any atom is -0.301 e. The van der Waals surface area contributed by atoms with Gasteiger partial charge in [0, 0.05) is 16.4 Å². The van der Waals surface area contributed by atoms with E-state index in [4.69, 9.17) is 0 Å². The van der Waals surface area contributed by atoms with Crippen LogP contribution in [0.15, 0.2) is 33.6 Å². The number of aryl methyl sites for hydroxylation is 2. The quantitative estimate of drug-likeness (QED) is 0.810. The third-order valence-electron chi connectivity index (χ3n) is 3.16. The van der Waals surface area contributed by atoms with Crippen LogP contribution in [0, 0.1) is 13.8 Å². The Kier molecular flexibility index (Phi) is 5.56. The van der Waals surface area contributed by atoms with Gasteiger partial charge in [0.05, 0.1) is 17.1 Å². The summed E-state index contributed by atoms with van der Waals surface area (Å²) in [5.74, 6) is -0.429. The summed E-state index contributed by atoms with van der Waals surface area (Å²) in [5, 5.41) is 3.09. The number of carbonyl (C=O) groups is 1. The molecular weight excluding hydrogens is 402 g/mol. The standard InChI is InChI=1S/C14H16BrN3O3S2/c1-9-10(2)22-14(16-9)17-13(19)8-18(3)23(20,21)12-6-4-11(15)5-7-12/h4-7H,8H2,1-3H3,(H,16,17,19). The number of thiazole rings is 1. The average Bonchev–Trinajstić information content (AvgIpc) is 2.77. The second-order valence-corrected chi connectivity index (χ2v) is 9.09. The lowest BCUT2D eigenvalue weighted by Crippen LogP contribution is -2.34. The highest BCUT2D eigenvalue weighted by molar-refractivity contribution is 9.10. The first-order valence-corrected chi connectivity index (χ1v) is 9.71. The molecule has 0 aliphatic rings. The van der Waals surface area contributed by atoms with E-state index in [1.165, 1.54) is 30.5 Å². The van der Waals surface area contributed by atoms with Crippen LogP contribution in [0.25, 0.3) is 0 Å². The topological polar surface area (TPSA) is 79.4 Å². The summed E-state index contributed by atoms with van der Waals surface area (Å²) in [6.07, 6.45) is 0. The largest absolute Gasteiger partial charge is 0.301 e. The zero-order valence-electron chi connectivity index (χ0n) is 12.8. The van der Waals surface area contributed by atoms with E-state index < -0.39 is 15.9 Å². The smallest absolute Gasteiger partial charge is 0.243 e. The molecule has 1 N–H and O–H groups in total. The Balaban J connectivity index is 2.06. The zero-order chi connectivity index (χ0) is 17.2. The summed E-state index contributed by atoms with van der Waals surface area (Å²) < 4.78 is 26.6. The van der Waals surface area contributed by atoms with E-state index in [0.29, 0.717) is 5.13 Å². The van der Waals surface area contributed by atoms with Gasteiger partial charge < -0.3 is 5.32 Å². The monoisotopic (exact) mass is 417 g/mol. The molecule has 1 aromatic carbocycles. The summed E-state index contributed by atoms with van der Waals surface area (Å²) in [4.78, 5) is 17.4. The summed E-state index contributed by atoms with van der Waals surface area (Å²) in [5.41, 5.74) is 0.848. The second kappa shape index (κ2) is 7.08. The summed E-state index contributed by atoms with van der Waals surface area (Å²) in [7, 11) is -2.34. The molecule has 9 heteroatoms. The number of amides is 1. The van der Waals surface area contributed by atoms with E-state index in [9.17, 15) is 13.2 Å². The maximum absolute atomic E-state index is 12.4. The Bertz CT molecular complexity index is 797. The minimum atomic E-state index is -3.71. The van der Waals surface area contributed by atoms with Crippen LogP contribution in [0.2, 0.25) is 0 Å². The molecular formula is C14H16BrN3O3S2. The highest BCUT2D eigenvalue weighted by atomic mass is 79.9. The molecule has 0 bridgehead atoms. The van der Waals surface area contributed by atoms with Crippen LogP contribution in [0.1, 0.15) is 10.6 Å². The number of anilines is 1. The van der Waals surface area contributed by atoms with Crippen molar-refractivity contribution in [3.05, 3.63) is 39.3 Å². The second-order valence-electron chi connectivity index (χ2n) is 4.92. The number of nitrogens with one attached hydrogen (secondary N) is 1. The highest BCUT2D eigenvalue weighted by Gasteiger charge is 2.23. The number of nitrogens with zero attached hydrogens (tertiary/aromatic N) is 2. The van der Waals surface area contributed by atoms with Crippen LogP contribution >= 0.6 is 27.3 Å². The van der Waals surface area contributed by atoms with Gasteiger partial charge in [-0.3, -0.25) is 4.79 Å². The van der Waals surface area contributed by atoms with Crippen molar-refractivity contribution in [2.24, 2.45) is 0 Å².